The Labute approximate surface area is 179 Å². The number of nitrogens with zero attached hydrogens (tertiary/aromatic N) is 2. The molecule has 0 spiro atoms. The van der Waals surface area contributed by atoms with Crippen molar-refractivity contribution in [3.63, 3.8) is 0 Å². The molecule has 30 heavy (non-hydrogen) atoms. The summed E-state index contributed by atoms with van der Waals surface area (Å²) in [5, 5.41) is 6.70. The van der Waals surface area contributed by atoms with Crippen LogP contribution in [-0.2, 0) is 17.8 Å². The number of anilines is 1. The van der Waals surface area contributed by atoms with Crippen LogP contribution in [0.2, 0.25) is 0 Å². The lowest BCUT2D eigenvalue weighted by Crippen LogP contribution is -2.37. The molecule has 7 nitrogen and oxygen atoms in total. The third-order valence-electron chi connectivity index (χ3n) is 4.98. The Bertz CT molecular complexity index is 818. The second kappa shape index (κ2) is 11.3. The molecule has 1 aliphatic heterocycles. The van der Waals surface area contributed by atoms with Gasteiger partial charge in [-0.05, 0) is 42.3 Å². The number of aliphatic imine (C=N–C) groups is 1. The van der Waals surface area contributed by atoms with Crippen molar-refractivity contribution in [2.75, 3.05) is 52.0 Å². The summed E-state index contributed by atoms with van der Waals surface area (Å²) in [4.78, 5) is 7.05. The lowest BCUT2D eigenvalue weighted by Gasteiger charge is -2.28. The van der Waals surface area contributed by atoms with Gasteiger partial charge in [-0.2, -0.15) is 0 Å². The summed E-state index contributed by atoms with van der Waals surface area (Å²) in [7, 11) is 3.28. The van der Waals surface area contributed by atoms with Crippen molar-refractivity contribution in [3.05, 3.63) is 53.6 Å². The average Bonchev–Trinajstić information content (AvgIpc) is 2.81. The van der Waals surface area contributed by atoms with Crippen LogP contribution in [0.3, 0.4) is 0 Å². The van der Waals surface area contributed by atoms with E-state index in [-0.39, 0.29) is 0 Å². The number of hydrogen-bond donors (Lipinski definition) is 2. The smallest absolute Gasteiger partial charge is 0.191 e. The van der Waals surface area contributed by atoms with Gasteiger partial charge in [-0.25, -0.2) is 4.99 Å². The van der Waals surface area contributed by atoms with Gasteiger partial charge in [-0.1, -0.05) is 18.2 Å². The molecule has 0 amide bonds. The molecular formula is C23H32N4O3. The number of benzene rings is 2. The van der Waals surface area contributed by atoms with E-state index in [0.717, 1.165) is 50.1 Å². The maximum absolute atomic E-state index is 5.43. The van der Waals surface area contributed by atoms with E-state index < -0.39 is 0 Å². The highest BCUT2D eigenvalue weighted by Crippen LogP contribution is 2.27. The summed E-state index contributed by atoms with van der Waals surface area (Å²) in [6, 6.07) is 14.5. The Kier molecular flexibility index (Phi) is 8.20. The summed E-state index contributed by atoms with van der Waals surface area (Å²) >= 11 is 0. The first-order valence-corrected chi connectivity index (χ1v) is 10.4. The molecule has 2 aromatic carbocycles. The Hall–Kier alpha value is -2.93. The summed E-state index contributed by atoms with van der Waals surface area (Å²) in [6.07, 6.45) is 0. The molecule has 0 radical (unpaired) electrons. The van der Waals surface area contributed by atoms with Crippen LogP contribution in [0.1, 0.15) is 18.1 Å². The molecule has 2 aromatic rings. The molecular weight excluding hydrogens is 380 g/mol. The quantitative estimate of drug-likeness (QED) is 0.513. The zero-order valence-corrected chi connectivity index (χ0v) is 18.1. The van der Waals surface area contributed by atoms with Gasteiger partial charge in [0.1, 0.15) is 0 Å². The van der Waals surface area contributed by atoms with Gasteiger partial charge in [-0.3, -0.25) is 0 Å². The maximum Gasteiger partial charge on any atom is 0.191 e. The third-order valence-corrected chi connectivity index (χ3v) is 4.98. The minimum atomic E-state index is 0.547. The van der Waals surface area contributed by atoms with Gasteiger partial charge in [0.05, 0.1) is 34.0 Å². The zero-order chi connectivity index (χ0) is 21.2. The van der Waals surface area contributed by atoms with Gasteiger partial charge in [0.15, 0.2) is 17.5 Å². The normalized spacial score (nSPS) is 14.4. The van der Waals surface area contributed by atoms with Crippen LogP contribution in [0.5, 0.6) is 11.5 Å². The number of methoxy groups -OCH3 is 2. The summed E-state index contributed by atoms with van der Waals surface area (Å²) < 4.78 is 16.1. The third kappa shape index (κ3) is 6.03. The van der Waals surface area contributed by atoms with Crippen molar-refractivity contribution in [2.45, 2.75) is 20.0 Å². The molecule has 0 unspecified atom stereocenters. The predicted octanol–water partition coefficient (Wildman–Crippen LogP) is 2.80. The van der Waals surface area contributed by atoms with Crippen LogP contribution in [0.4, 0.5) is 5.69 Å². The standard InChI is InChI=1S/C23H32N4O3/c1-4-24-23(26-17-19-7-10-21(28-2)22(15-19)29-3)25-16-18-5-8-20(9-6-18)27-11-13-30-14-12-27/h5-10,15H,4,11-14,16-17H2,1-3H3,(H2,24,25,26). The van der Waals surface area contributed by atoms with Crippen LogP contribution in [0, 0.1) is 0 Å². The topological polar surface area (TPSA) is 67.4 Å². The molecule has 0 saturated carbocycles. The summed E-state index contributed by atoms with van der Waals surface area (Å²) in [5.41, 5.74) is 3.51. The van der Waals surface area contributed by atoms with E-state index in [1.807, 2.05) is 18.2 Å². The SMILES string of the molecule is CCNC(=NCc1ccc(OC)c(OC)c1)NCc1ccc(N2CCOCC2)cc1. The van der Waals surface area contributed by atoms with Gasteiger partial charge in [0, 0.05) is 31.9 Å². The molecule has 1 saturated heterocycles. The van der Waals surface area contributed by atoms with Crippen LogP contribution in [0.25, 0.3) is 0 Å². The van der Waals surface area contributed by atoms with E-state index in [1.54, 1.807) is 14.2 Å². The number of ether oxygens (including phenoxy) is 3. The first-order chi connectivity index (χ1) is 14.7. The molecule has 7 heteroatoms. The second-order valence-electron chi connectivity index (χ2n) is 7.00. The number of nitrogens with one attached hydrogen (secondary N) is 2. The van der Waals surface area contributed by atoms with E-state index >= 15 is 0 Å². The van der Waals surface area contributed by atoms with Crippen molar-refractivity contribution in [3.8, 4) is 11.5 Å². The van der Waals surface area contributed by atoms with Crippen molar-refractivity contribution >= 4 is 11.6 Å². The molecule has 1 heterocycles. The molecule has 0 bridgehead atoms. The fourth-order valence-corrected chi connectivity index (χ4v) is 3.32. The van der Waals surface area contributed by atoms with Crippen molar-refractivity contribution in [1.82, 2.24) is 10.6 Å². The fourth-order valence-electron chi connectivity index (χ4n) is 3.32. The predicted molar refractivity (Wildman–Crippen MR) is 121 cm³/mol. The van der Waals surface area contributed by atoms with Crippen LogP contribution < -0.4 is 25.0 Å². The Morgan fingerprint density at radius 1 is 0.967 bits per heavy atom. The zero-order valence-electron chi connectivity index (χ0n) is 18.1. The summed E-state index contributed by atoms with van der Waals surface area (Å²) in [6.45, 7) is 7.61. The monoisotopic (exact) mass is 412 g/mol. The lowest BCUT2D eigenvalue weighted by atomic mass is 10.2. The molecule has 0 aliphatic carbocycles. The van der Waals surface area contributed by atoms with Crippen molar-refractivity contribution in [2.24, 2.45) is 4.99 Å². The molecule has 1 fully saturated rings. The maximum atomic E-state index is 5.43. The number of rotatable bonds is 8. The minimum Gasteiger partial charge on any atom is -0.493 e. The average molecular weight is 413 g/mol. The van der Waals surface area contributed by atoms with Gasteiger partial charge in [0.25, 0.3) is 0 Å². The van der Waals surface area contributed by atoms with Gasteiger partial charge in [0.2, 0.25) is 0 Å². The van der Waals surface area contributed by atoms with Gasteiger partial charge in [-0.15, -0.1) is 0 Å². The van der Waals surface area contributed by atoms with E-state index in [9.17, 15) is 0 Å². The first-order valence-electron chi connectivity index (χ1n) is 10.4. The van der Waals surface area contributed by atoms with Crippen molar-refractivity contribution in [1.29, 1.82) is 0 Å². The molecule has 1 aliphatic rings. The van der Waals surface area contributed by atoms with Crippen LogP contribution in [-0.4, -0.2) is 53.0 Å². The van der Waals surface area contributed by atoms with E-state index in [0.29, 0.717) is 18.8 Å². The number of hydrogen-bond acceptors (Lipinski definition) is 5. The Morgan fingerprint density at radius 3 is 2.33 bits per heavy atom. The highest BCUT2D eigenvalue weighted by molar-refractivity contribution is 5.79. The van der Waals surface area contributed by atoms with Crippen molar-refractivity contribution < 1.29 is 14.2 Å². The number of morpholine rings is 1. The van der Waals surface area contributed by atoms with Crippen LogP contribution >= 0.6 is 0 Å². The lowest BCUT2D eigenvalue weighted by molar-refractivity contribution is 0.122. The number of guanidine groups is 1. The van der Waals surface area contributed by atoms with E-state index in [4.69, 9.17) is 19.2 Å². The molecule has 0 aromatic heterocycles. The second-order valence-corrected chi connectivity index (χ2v) is 7.00. The first kappa shape index (κ1) is 21.8. The highest BCUT2D eigenvalue weighted by atomic mass is 16.5. The Balaban J connectivity index is 1.58. The fraction of sp³-hybridized carbons (Fsp3) is 0.435. The molecule has 2 N–H and O–H groups in total. The molecule has 162 valence electrons. The summed E-state index contributed by atoms with van der Waals surface area (Å²) in [5.74, 6) is 2.21. The minimum absolute atomic E-state index is 0.547. The van der Waals surface area contributed by atoms with Gasteiger partial charge >= 0.3 is 0 Å². The van der Waals surface area contributed by atoms with Gasteiger partial charge < -0.3 is 29.7 Å². The molecule has 3 rings (SSSR count). The molecule has 0 atom stereocenters. The Morgan fingerprint density at radius 2 is 1.67 bits per heavy atom. The highest BCUT2D eigenvalue weighted by Gasteiger charge is 2.11. The van der Waals surface area contributed by atoms with E-state index in [1.165, 1.54) is 11.3 Å². The van der Waals surface area contributed by atoms with E-state index in [2.05, 4.69) is 46.7 Å². The van der Waals surface area contributed by atoms with Crippen LogP contribution in [0.15, 0.2) is 47.5 Å². The largest absolute Gasteiger partial charge is 0.493 e.